The van der Waals surface area contributed by atoms with Crippen molar-refractivity contribution in [1.82, 2.24) is 10.2 Å². The Bertz CT molecular complexity index is 295. The molecule has 2 amide bonds. The summed E-state index contributed by atoms with van der Waals surface area (Å²) in [5.74, 6) is -0.0427. The maximum absolute atomic E-state index is 12.0. The summed E-state index contributed by atoms with van der Waals surface area (Å²) in [7, 11) is 1.75. The number of aliphatic carboxylic acids is 1. The maximum Gasteiger partial charge on any atom is 0.317 e. The molecule has 0 bridgehead atoms. The highest BCUT2D eigenvalue weighted by Gasteiger charge is 2.27. The van der Waals surface area contributed by atoms with Gasteiger partial charge in [-0.1, -0.05) is 6.92 Å². The van der Waals surface area contributed by atoms with Crippen molar-refractivity contribution in [2.45, 2.75) is 45.2 Å². The first-order valence-corrected chi connectivity index (χ1v) is 7.38. The fourth-order valence-electron chi connectivity index (χ4n) is 1.66. The van der Waals surface area contributed by atoms with Gasteiger partial charge in [0.2, 0.25) is 0 Å². The summed E-state index contributed by atoms with van der Waals surface area (Å²) in [5.41, 5.74) is -0.741. The summed E-state index contributed by atoms with van der Waals surface area (Å²) in [5, 5.41) is 11.5. The van der Waals surface area contributed by atoms with E-state index in [1.807, 2.05) is 13.2 Å². The Morgan fingerprint density at radius 2 is 2.00 bits per heavy atom. The van der Waals surface area contributed by atoms with Gasteiger partial charge in [-0.2, -0.15) is 11.8 Å². The number of rotatable bonds is 7. The third-order valence-corrected chi connectivity index (χ3v) is 3.45. The van der Waals surface area contributed by atoms with Crippen molar-refractivity contribution in [3.05, 3.63) is 0 Å². The van der Waals surface area contributed by atoms with Crippen LogP contribution in [0.3, 0.4) is 0 Å². The van der Waals surface area contributed by atoms with Crippen LogP contribution in [0.15, 0.2) is 0 Å². The van der Waals surface area contributed by atoms with Gasteiger partial charge in [0.05, 0.1) is 6.42 Å². The van der Waals surface area contributed by atoms with Gasteiger partial charge in [-0.05, 0) is 26.5 Å². The molecule has 0 aromatic carbocycles. The fourth-order valence-corrected chi connectivity index (χ4v) is 2.51. The number of nitrogens with zero attached hydrogens (tertiary/aromatic N) is 1. The van der Waals surface area contributed by atoms with E-state index in [1.165, 1.54) is 0 Å². The molecule has 0 aromatic heterocycles. The van der Waals surface area contributed by atoms with E-state index in [9.17, 15) is 9.59 Å². The first-order chi connectivity index (χ1) is 8.23. The molecule has 0 aliphatic carbocycles. The molecule has 2 N–H and O–H groups in total. The zero-order valence-electron chi connectivity index (χ0n) is 11.8. The molecule has 18 heavy (non-hydrogen) atoms. The first kappa shape index (κ1) is 17.1. The van der Waals surface area contributed by atoms with Crippen LogP contribution in [0.2, 0.25) is 0 Å². The summed E-state index contributed by atoms with van der Waals surface area (Å²) in [4.78, 5) is 24.4. The van der Waals surface area contributed by atoms with Crippen LogP contribution in [0.4, 0.5) is 4.79 Å². The smallest absolute Gasteiger partial charge is 0.317 e. The van der Waals surface area contributed by atoms with Crippen LogP contribution in [0, 0.1) is 0 Å². The van der Waals surface area contributed by atoms with E-state index in [4.69, 9.17) is 5.11 Å². The number of carbonyl (C=O) groups is 2. The van der Waals surface area contributed by atoms with E-state index in [1.54, 1.807) is 37.6 Å². The lowest BCUT2D eigenvalue weighted by Gasteiger charge is -2.32. The molecular formula is C12H24N2O3S. The van der Waals surface area contributed by atoms with Crippen LogP contribution in [0.25, 0.3) is 0 Å². The number of amides is 2. The van der Waals surface area contributed by atoms with Crippen LogP contribution >= 0.6 is 11.8 Å². The van der Waals surface area contributed by atoms with Gasteiger partial charge in [-0.15, -0.1) is 0 Å². The number of carboxylic acid groups (broad SMARTS) is 1. The molecule has 1 atom stereocenters. The van der Waals surface area contributed by atoms with Gasteiger partial charge in [0.25, 0.3) is 0 Å². The Morgan fingerprint density at radius 3 is 2.39 bits per heavy atom. The summed E-state index contributed by atoms with van der Waals surface area (Å²) in [6, 6.07) is -0.0530. The van der Waals surface area contributed by atoms with Crippen LogP contribution in [-0.2, 0) is 4.79 Å². The van der Waals surface area contributed by atoms with E-state index in [0.717, 1.165) is 12.2 Å². The van der Waals surface area contributed by atoms with Crippen molar-refractivity contribution in [1.29, 1.82) is 0 Å². The Balaban J connectivity index is 4.50. The van der Waals surface area contributed by atoms with Gasteiger partial charge in [0.1, 0.15) is 0 Å². The van der Waals surface area contributed by atoms with Gasteiger partial charge in [-0.3, -0.25) is 4.79 Å². The molecule has 0 saturated heterocycles. The van der Waals surface area contributed by atoms with Crippen molar-refractivity contribution in [2.24, 2.45) is 0 Å². The molecule has 0 aromatic rings. The predicted molar refractivity (Wildman–Crippen MR) is 75.1 cm³/mol. The highest BCUT2D eigenvalue weighted by Crippen LogP contribution is 2.12. The van der Waals surface area contributed by atoms with Crippen LogP contribution < -0.4 is 5.32 Å². The Hall–Kier alpha value is -0.910. The van der Waals surface area contributed by atoms with Crippen molar-refractivity contribution >= 4 is 23.8 Å². The molecule has 1 unspecified atom stereocenters. The van der Waals surface area contributed by atoms with Gasteiger partial charge in [0.15, 0.2) is 0 Å². The van der Waals surface area contributed by atoms with E-state index >= 15 is 0 Å². The van der Waals surface area contributed by atoms with E-state index in [0.29, 0.717) is 0 Å². The monoisotopic (exact) mass is 276 g/mol. The molecule has 0 rings (SSSR count). The SMILES string of the molecule is CCC(CSC)N(C)C(=O)NC(C)(C)CC(=O)O. The van der Waals surface area contributed by atoms with E-state index < -0.39 is 11.5 Å². The third kappa shape index (κ3) is 6.14. The number of urea groups is 1. The summed E-state index contributed by atoms with van der Waals surface area (Å²) in [6.45, 7) is 5.46. The second kappa shape index (κ2) is 7.51. The molecule has 0 saturated carbocycles. The van der Waals surface area contributed by atoms with Crippen molar-refractivity contribution < 1.29 is 14.7 Å². The molecule has 0 aliphatic heterocycles. The number of nitrogens with one attached hydrogen (secondary N) is 1. The van der Waals surface area contributed by atoms with Gasteiger partial charge in [0, 0.05) is 24.4 Å². The Morgan fingerprint density at radius 1 is 1.44 bits per heavy atom. The second-order valence-corrected chi connectivity index (χ2v) is 5.92. The standard InChI is InChI=1S/C12H24N2O3S/c1-6-9(8-18-5)14(4)11(17)13-12(2,3)7-10(15)16/h9H,6-8H2,1-5H3,(H,13,17)(H,15,16). The number of carbonyl (C=O) groups excluding carboxylic acids is 1. The summed E-state index contributed by atoms with van der Waals surface area (Å²) in [6.07, 6.45) is 2.79. The van der Waals surface area contributed by atoms with Crippen LogP contribution in [-0.4, -0.2) is 52.6 Å². The summed E-state index contributed by atoms with van der Waals surface area (Å²) < 4.78 is 0. The van der Waals surface area contributed by atoms with Gasteiger partial charge >= 0.3 is 12.0 Å². The first-order valence-electron chi connectivity index (χ1n) is 5.99. The van der Waals surface area contributed by atoms with Gasteiger partial charge < -0.3 is 15.3 Å². The maximum atomic E-state index is 12.0. The number of thioether (sulfide) groups is 1. The highest BCUT2D eigenvalue weighted by atomic mass is 32.2. The minimum absolute atomic E-state index is 0.0914. The van der Waals surface area contributed by atoms with E-state index in [2.05, 4.69) is 5.32 Å². The van der Waals surface area contributed by atoms with Crippen molar-refractivity contribution in [3.63, 3.8) is 0 Å². The molecule has 106 valence electrons. The lowest BCUT2D eigenvalue weighted by Crippen LogP contribution is -2.52. The quantitative estimate of drug-likeness (QED) is 0.746. The largest absolute Gasteiger partial charge is 0.481 e. The summed E-state index contributed by atoms with van der Waals surface area (Å²) >= 11 is 1.69. The molecule has 6 heteroatoms. The average molecular weight is 276 g/mol. The molecular weight excluding hydrogens is 252 g/mol. The molecule has 5 nitrogen and oxygen atoms in total. The Labute approximate surface area is 113 Å². The van der Waals surface area contributed by atoms with Gasteiger partial charge in [-0.25, -0.2) is 4.79 Å². The van der Waals surface area contributed by atoms with Crippen molar-refractivity contribution in [2.75, 3.05) is 19.1 Å². The molecule has 0 fully saturated rings. The van der Waals surface area contributed by atoms with Crippen LogP contribution in [0.1, 0.15) is 33.6 Å². The third-order valence-electron chi connectivity index (χ3n) is 2.74. The number of hydrogen-bond acceptors (Lipinski definition) is 3. The molecule has 0 spiro atoms. The minimum atomic E-state index is -0.917. The lowest BCUT2D eigenvalue weighted by atomic mass is 10.0. The topological polar surface area (TPSA) is 69.6 Å². The number of carboxylic acids is 1. The second-order valence-electron chi connectivity index (χ2n) is 5.01. The fraction of sp³-hybridized carbons (Fsp3) is 0.833. The van der Waals surface area contributed by atoms with Crippen molar-refractivity contribution in [3.8, 4) is 0 Å². The average Bonchev–Trinajstić information content (AvgIpc) is 2.22. The predicted octanol–water partition coefficient (Wildman–Crippen LogP) is 2.02. The van der Waals surface area contributed by atoms with E-state index in [-0.39, 0.29) is 18.5 Å². The zero-order chi connectivity index (χ0) is 14.3. The lowest BCUT2D eigenvalue weighted by molar-refractivity contribution is -0.138. The molecule has 0 radical (unpaired) electrons. The molecule has 0 aliphatic rings. The van der Waals surface area contributed by atoms with Crippen LogP contribution in [0.5, 0.6) is 0 Å². The number of hydrogen-bond donors (Lipinski definition) is 2. The highest BCUT2D eigenvalue weighted by molar-refractivity contribution is 7.98. The normalized spacial score (nSPS) is 12.9. The zero-order valence-corrected chi connectivity index (χ0v) is 12.6. The molecule has 0 heterocycles. The minimum Gasteiger partial charge on any atom is -0.481 e. The Kier molecular flexibility index (Phi) is 7.13.